The number of carbonyl (C=O) groups is 1. The Morgan fingerprint density at radius 1 is 1.60 bits per heavy atom. The topological polar surface area (TPSA) is 33.5 Å². The number of rotatable bonds is 1. The summed E-state index contributed by atoms with van der Waals surface area (Å²) in [6.45, 7) is 4.95. The minimum atomic E-state index is -0.0717. The third-order valence-corrected chi connectivity index (χ3v) is 3.29. The summed E-state index contributed by atoms with van der Waals surface area (Å²) >= 11 is 5.79. The van der Waals surface area contributed by atoms with Crippen LogP contribution < -0.4 is 0 Å². The molecule has 0 aromatic carbocycles. The van der Waals surface area contributed by atoms with Crippen LogP contribution in [-0.4, -0.2) is 22.9 Å². The lowest BCUT2D eigenvalue weighted by atomic mass is 10.0. The van der Waals surface area contributed by atoms with Crippen molar-refractivity contribution in [3.63, 3.8) is 0 Å². The van der Waals surface area contributed by atoms with Crippen LogP contribution in [0.2, 0.25) is 5.22 Å². The van der Waals surface area contributed by atoms with Crippen LogP contribution in [0, 0.1) is 0 Å². The first kappa shape index (κ1) is 10.6. The first-order valence-corrected chi connectivity index (χ1v) is 5.45. The number of carbonyl (C=O) groups excluding carboxylic acids is 1. The highest BCUT2D eigenvalue weighted by molar-refractivity contribution is 6.32. The Kier molecular flexibility index (Phi) is 2.51. The van der Waals surface area contributed by atoms with Gasteiger partial charge in [0.2, 0.25) is 5.22 Å². The van der Waals surface area contributed by atoms with Gasteiger partial charge in [0.05, 0.1) is 11.8 Å². The molecule has 1 fully saturated rings. The van der Waals surface area contributed by atoms with E-state index in [2.05, 4.69) is 13.8 Å². The zero-order valence-electron chi connectivity index (χ0n) is 8.92. The third kappa shape index (κ3) is 1.76. The van der Waals surface area contributed by atoms with Gasteiger partial charge in [-0.15, -0.1) is 0 Å². The number of hydrogen-bond donors (Lipinski definition) is 0. The molecule has 82 valence electrons. The van der Waals surface area contributed by atoms with E-state index in [1.807, 2.05) is 4.90 Å². The minimum absolute atomic E-state index is 0.0312. The fourth-order valence-corrected chi connectivity index (χ4v) is 2.27. The second-order valence-corrected chi connectivity index (χ2v) is 4.82. The van der Waals surface area contributed by atoms with Gasteiger partial charge in [0, 0.05) is 12.1 Å². The highest BCUT2D eigenvalue weighted by Gasteiger charge is 2.36. The summed E-state index contributed by atoms with van der Waals surface area (Å²) in [4.78, 5) is 14.0. The average Bonchev–Trinajstić information content (AvgIpc) is 2.70. The van der Waals surface area contributed by atoms with Crippen LogP contribution in [0.4, 0.5) is 0 Å². The average molecular weight is 228 g/mol. The second-order valence-electron chi connectivity index (χ2n) is 4.48. The maximum Gasteiger partial charge on any atom is 0.259 e. The molecule has 0 saturated carbocycles. The van der Waals surface area contributed by atoms with Crippen molar-refractivity contribution in [3.8, 4) is 0 Å². The number of likely N-dealkylation sites (tertiary alicyclic amines) is 1. The smallest absolute Gasteiger partial charge is 0.259 e. The first-order chi connectivity index (χ1) is 7.02. The molecule has 1 amide bonds. The third-order valence-electron chi connectivity index (χ3n) is 2.99. The number of halogens is 1. The molecule has 1 saturated heterocycles. The van der Waals surface area contributed by atoms with E-state index < -0.39 is 0 Å². The van der Waals surface area contributed by atoms with Crippen molar-refractivity contribution in [1.82, 2.24) is 4.90 Å². The molecule has 0 aliphatic carbocycles. The zero-order chi connectivity index (χ0) is 11.1. The maximum absolute atomic E-state index is 12.1. The molecule has 1 aliphatic rings. The van der Waals surface area contributed by atoms with Crippen molar-refractivity contribution >= 4 is 17.5 Å². The van der Waals surface area contributed by atoms with E-state index in [4.69, 9.17) is 16.0 Å². The van der Waals surface area contributed by atoms with Crippen molar-refractivity contribution in [2.24, 2.45) is 0 Å². The monoisotopic (exact) mass is 227 g/mol. The highest BCUT2D eigenvalue weighted by Crippen LogP contribution is 2.31. The first-order valence-electron chi connectivity index (χ1n) is 5.07. The van der Waals surface area contributed by atoms with Gasteiger partial charge < -0.3 is 9.32 Å². The number of hydrogen-bond acceptors (Lipinski definition) is 2. The van der Waals surface area contributed by atoms with Crippen LogP contribution in [-0.2, 0) is 0 Å². The van der Waals surface area contributed by atoms with Crippen molar-refractivity contribution in [3.05, 3.63) is 23.1 Å². The predicted octanol–water partition coefficient (Wildman–Crippen LogP) is 2.95. The van der Waals surface area contributed by atoms with Crippen LogP contribution in [0.15, 0.2) is 16.7 Å². The summed E-state index contributed by atoms with van der Waals surface area (Å²) < 4.78 is 4.93. The Balaban J connectivity index is 2.26. The molecule has 1 aromatic heterocycles. The molecular weight excluding hydrogens is 214 g/mol. The fourth-order valence-electron chi connectivity index (χ4n) is 2.08. The summed E-state index contributed by atoms with van der Waals surface area (Å²) in [6, 6.07) is 1.62. The number of nitrogens with zero attached hydrogens (tertiary/aromatic N) is 1. The van der Waals surface area contributed by atoms with Gasteiger partial charge in [0.1, 0.15) is 0 Å². The Morgan fingerprint density at radius 3 is 2.80 bits per heavy atom. The van der Waals surface area contributed by atoms with Gasteiger partial charge in [-0.3, -0.25) is 4.79 Å². The molecule has 2 rings (SSSR count). The van der Waals surface area contributed by atoms with E-state index in [1.54, 1.807) is 6.07 Å². The molecule has 1 aliphatic heterocycles. The number of amides is 1. The summed E-state index contributed by atoms with van der Waals surface area (Å²) in [7, 11) is 0. The molecule has 0 spiro atoms. The van der Waals surface area contributed by atoms with Gasteiger partial charge in [0.15, 0.2) is 0 Å². The molecule has 1 aromatic rings. The largest absolute Gasteiger partial charge is 0.452 e. The van der Waals surface area contributed by atoms with E-state index in [1.165, 1.54) is 6.26 Å². The zero-order valence-corrected chi connectivity index (χ0v) is 9.67. The van der Waals surface area contributed by atoms with Crippen molar-refractivity contribution < 1.29 is 9.21 Å². The standard InChI is InChI=1S/C11H14ClNO2/c1-11(2)5-3-6-13(11)10(14)8-4-7-15-9(8)12/h4,7H,3,5-6H2,1-2H3. The van der Waals surface area contributed by atoms with Crippen LogP contribution in [0.3, 0.4) is 0 Å². The van der Waals surface area contributed by atoms with Gasteiger partial charge in [0.25, 0.3) is 5.91 Å². The Morgan fingerprint density at radius 2 is 2.33 bits per heavy atom. The van der Waals surface area contributed by atoms with E-state index in [0.717, 1.165) is 19.4 Å². The quantitative estimate of drug-likeness (QED) is 0.739. The van der Waals surface area contributed by atoms with Crippen LogP contribution >= 0.6 is 11.6 Å². The molecule has 4 heteroatoms. The Hall–Kier alpha value is -0.960. The lowest BCUT2D eigenvalue weighted by Crippen LogP contribution is -2.42. The maximum atomic E-state index is 12.1. The van der Waals surface area contributed by atoms with Gasteiger partial charge in [-0.2, -0.15) is 0 Å². The second kappa shape index (κ2) is 3.56. The molecular formula is C11H14ClNO2. The molecule has 0 N–H and O–H groups in total. The van der Waals surface area contributed by atoms with E-state index in [0.29, 0.717) is 5.56 Å². The van der Waals surface area contributed by atoms with Crippen molar-refractivity contribution in [2.45, 2.75) is 32.2 Å². The molecule has 0 unspecified atom stereocenters. The van der Waals surface area contributed by atoms with Gasteiger partial charge in [-0.1, -0.05) is 0 Å². The lowest BCUT2D eigenvalue weighted by molar-refractivity contribution is 0.0651. The minimum Gasteiger partial charge on any atom is -0.452 e. The van der Waals surface area contributed by atoms with Crippen molar-refractivity contribution in [1.29, 1.82) is 0 Å². The van der Waals surface area contributed by atoms with Crippen LogP contribution in [0.25, 0.3) is 0 Å². The molecule has 15 heavy (non-hydrogen) atoms. The van der Waals surface area contributed by atoms with Crippen LogP contribution in [0.1, 0.15) is 37.0 Å². The molecule has 0 bridgehead atoms. The molecule has 3 nitrogen and oxygen atoms in total. The highest BCUT2D eigenvalue weighted by atomic mass is 35.5. The van der Waals surface area contributed by atoms with E-state index in [9.17, 15) is 4.79 Å². The normalized spacial score (nSPS) is 19.5. The van der Waals surface area contributed by atoms with Gasteiger partial charge in [-0.05, 0) is 44.4 Å². The Bertz CT molecular complexity index is 384. The van der Waals surface area contributed by atoms with Gasteiger partial charge >= 0.3 is 0 Å². The van der Waals surface area contributed by atoms with Gasteiger partial charge in [-0.25, -0.2) is 0 Å². The molecule has 2 heterocycles. The fraction of sp³-hybridized carbons (Fsp3) is 0.545. The predicted molar refractivity (Wildman–Crippen MR) is 58.1 cm³/mol. The Labute approximate surface area is 94.0 Å². The summed E-state index contributed by atoms with van der Waals surface area (Å²) in [6.07, 6.45) is 3.53. The SMILES string of the molecule is CC1(C)CCCN1C(=O)c1ccoc1Cl. The number of furan rings is 1. The van der Waals surface area contributed by atoms with Crippen LogP contribution in [0.5, 0.6) is 0 Å². The summed E-state index contributed by atoms with van der Waals surface area (Å²) in [5.74, 6) is -0.0312. The van der Waals surface area contributed by atoms with E-state index >= 15 is 0 Å². The molecule has 0 radical (unpaired) electrons. The summed E-state index contributed by atoms with van der Waals surface area (Å²) in [5.41, 5.74) is 0.393. The van der Waals surface area contributed by atoms with E-state index in [-0.39, 0.29) is 16.7 Å². The molecule has 0 atom stereocenters. The summed E-state index contributed by atoms with van der Waals surface area (Å²) in [5, 5.41) is 0.183. The van der Waals surface area contributed by atoms with Crippen molar-refractivity contribution in [2.75, 3.05) is 6.54 Å². The lowest BCUT2D eigenvalue weighted by Gasteiger charge is -2.31.